The Bertz CT molecular complexity index is 2150. The summed E-state index contributed by atoms with van der Waals surface area (Å²) >= 11 is 0. The van der Waals surface area contributed by atoms with Crippen molar-refractivity contribution in [2.75, 3.05) is 0 Å². The third-order valence-corrected chi connectivity index (χ3v) is 10.7. The molecule has 0 aliphatic carbocycles. The van der Waals surface area contributed by atoms with Crippen molar-refractivity contribution in [3.05, 3.63) is 145 Å². The van der Waals surface area contributed by atoms with Gasteiger partial charge in [0, 0.05) is 51.1 Å². The molecule has 7 aromatic rings. The van der Waals surface area contributed by atoms with Crippen molar-refractivity contribution in [3.8, 4) is 67.5 Å². The van der Waals surface area contributed by atoms with Gasteiger partial charge in [0.25, 0.3) is 0 Å². The SMILES string of the molecule is CC(C)(C)c1ccc(-c2cccc(-c3nc(-c4cccc(-c5ccccc5)c4)nc(-c4cccc(-c5ccc([Si](C)(C)C)nc5)c4)n3)c2)cn1. The highest BCUT2D eigenvalue weighted by molar-refractivity contribution is 6.88. The summed E-state index contributed by atoms with van der Waals surface area (Å²) in [5.41, 5.74) is 10.3. The molecule has 0 aliphatic heterocycles. The number of hydrogen-bond acceptors (Lipinski definition) is 5. The van der Waals surface area contributed by atoms with Crippen LogP contribution >= 0.6 is 0 Å². The molecule has 0 atom stereocenters. The summed E-state index contributed by atoms with van der Waals surface area (Å²) < 4.78 is 0. The largest absolute Gasteiger partial charge is 0.265 e. The topological polar surface area (TPSA) is 64.5 Å². The first-order valence-corrected chi connectivity index (χ1v) is 20.6. The minimum Gasteiger partial charge on any atom is -0.265 e. The number of nitrogens with zero attached hydrogens (tertiary/aromatic N) is 5. The number of aromatic nitrogens is 5. The summed E-state index contributed by atoms with van der Waals surface area (Å²) in [4.78, 5) is 24.9. The second-order valence-electron chi connectivity index (χ2n) is 14.8. The second-order valence-corrected chi connectivity index (χ2v) is 19.8. The minimum atomic E-state index is -1.50. The van der Waals surface area contributed by atoms with Crippen molar-refractivity contribution in [1.29, 1.82) is 0 Å². The Hall–Kier alpha value is -5.59. The third-order valence-electron chi connectivity index (χ3n) is 8.84. The summed E-state index contributed by atoms with van der Waals surface area (Å²) in [6, 6.07) is 44.1. The van der Waals surface area contributed by atoms with Gasteiger partial charge in [0.05, 0.1) is 0 Å². The van der Waals surface area contributed by atoms with E-state index in [-0.39, 0.29) is 5.41 Å². The number of hydrogen-bond donors (Lipinski definition) is 0. The predicted molar refractivity (Wildman–Crippen MR) is 210 cm³/mol. The van der Waals surface area contributed by atoms with E-state index in [9.17, 15) is 0 Å². The van der Waals surface area contributed by atoms with Gasteiger partial charge in [-0.2, -0.15) is 0 Å². The van der Waals surface area contributed by atoms with Crippen LogP contribution in [0.2, 0.25) is 19.6 Å². The van der Waals surface area contributed by atoms with E-state index in [0.717, 1.165) is 55.8 Å². The van der Waals surface area contributed by atoms with Crippen molar-refractivity contribution in [3.63, 3.8) is 0 Å². The average Bonchev–Trinajstić information content (AvgIpc) is 3.14. The van der Waals surface area contributed by atoms with E-state index in [2.05, 4.69) is 162 Å². The maximum atomic E-state index is 5.09. The number of pyridine rings is 2. The second kappa shape index (κ2) is 13.4. The molecule has 0 saturated carbocycles. The van der Waals surface area contributed by atoms with E-state index in [4.69, 9.17) is 24.9 Å². The van der Waals surface area contributed by atoms with Gasteiger partial charge in [-0.3, -0.25) is 9.97 Å². The molecule has 0 amide bonds. The molecule has 3 aromatic heterocycles. The Kier molecular flexibility index (Phi) is 8.81. The van der Waals surface area contributed by atoms with E-state index in [1.54, 1.807) is 0 Å². The van der Waals surface area contributed by atoms with Gasteiger partial charge in [0.2, 0.25) is 0 Å². The van der Waals surface area contributed by atoms with Gasteiger partial charge in [-0.15, -0.1) is 0 Å². The summed E-state index contributed by atoms with van der Waals surface area (Å²) in [6.07, 6.45) is 3.94. The first-order chi connectivity index (χ1) is 24.0. The van der Waals surface area contributed by atoms with E-state index < -0.39 is 8.07 Å². The van der Waals surface area contributed by atoms with Crippen molar-refractivity contribution in [2.24, 2.45) is 0 Å². The van der Waals surface area contributed by atoms with Crippen LogP contribution in [-0.2, 0) is 5.41 Å². The molecule has 246 valence electrons. The van der Waals surface area contributed by atoms with Gasteiger partial charge in [0.15, 0.2) is 17.5 Å². The van der Waals surface area contributed by atoms with Crippen LogP contribution < -0.4 is 5.32 Å². The van der Waals surface area contributed by atoms with Crippen LogP contribution in [0.1, 0.15) is 26.5 Å². The molecule has 0 unspecified atom stereocenters. The van der Waals surface area contributed by atoms with Crippen molar-refractivity contribution in [2.45, 2.75) is 45.8 Å². The Morgan fingerprint density at radius 2 is 0.820 bits per heavy atom. The zero-order chi connectivity index (χ0) is 34.9. The first-order valence-electron chi connectivity index (χ1n) is 17.1. The van der Waals surface area contributed by atoms with E-state index in [1.165, 1.54) is 5.32 Å². The fourth-order valence-electron chi connectivity index (χ4n) is 5.92. The zero-order valence-corrected chi connectivity index (χ0v) is 30.5. The number of benzene rings is 4. The summed E-state index contributed by atoms with van der Waals surface area (Å²) in [7, 11) is -1.50. The van der Waals surface area contributed by atoms with Crippen LogP contribution in [0.3, 0.4) is 0 Å². The Balaban J connectivity index is 1.33. The lowest BCUT2D eigenvalue weighted by molar-refractivity contribution is 0.569. The minimum absolute atomic E-state index is 0.0128. The van der Waals surface area contributed by atoms with E-state index in [0.29, 0.717) is 17.5 Å². The predicted octanol–water partition coefficient (Wildman–Crippen LogP) is 10.5. The van der Waals surface area contributed by atoms with Crippen LogP contribution in [0.25, 0.3) is 67.5 Å². The maximum Gasteiger partial charge on any atom is 0.164 e. The molecule has 0 bridgehead atoms. The number of rotatable bonds is 7. The van der Waals surface area contributed by atoms with Crippen LogP contribution in [0.4, 0.5) is 0 Å². The van der Waals surface area contributed by atoms with Crippen LogP contribution in [-0.4, -0.2) is 33.0 Å². The molecule has 4 aromatic carbocycles. The van der Waals surface area contributed by atoms with Gasteiger partial charge in [-0.25, -0.2) is 15.0 Å². The molecule has 3 heterocycles. The molecule has 0 radical (unpaired) electrons. The summed E-state index contributed by atoms with van der Waals surface area (Å²) in [5.74, 6) is 1.85. The fraction of sp³-hybridized carbons (Fsp3) is 0.159. The molecule has 7 rings (SSSR count). The Labute approximate surface area is 296 Å². The van der Waals surface area contributed by atoms with Gasteiger partial charge in [-0.05, 0) is 58.1 Å². The molecule has 50 heavy (non-hydrogen) atoms. The molecule has 0 saturated heterocycles. The molecular formula is C44H41N5Si. The average molecular weight is 668 g/mol. The van der Waals surface area contributed by atoms with Crippen LogP contribution in [0, 0.1) is 0 Å². The van der Waals surface area contributed by atoms with Crippen molar-refractivity contribution < 1.29 is 0 Å². The summed E-state index contributed by atoms with van der Waals surface area (Å²) in [5, 5.41) is 1.20. The highest BCUT2D eigenvalue weighted by Crippen LogP contribution is 2.32. The molecule has 0 spiro atoms. The molecule has 0 N–H and O–H groups in total. The van der Waals surface area contributed by atoms with Crippen molar-refractivity contribution in [1.82, 2.24) is 24.9 Å². The monoisotopic (exact) mass is 667 g/mol. The molecule has 0 aliphatic rings. The standard InChI is InChI=1S/C44H41N5Si/c1-44(2,3)39-23-21-37(28-45-39)32-16-11-19-35(26-32)42-47-41(34-18-10-15-31(25-34)30-13-8-7-9-14-30)48-43(49-42)36-20-12-17-33(27-36)38-22-24-40(46-29-38)50(4,5)6/h7-29H,1-6H3. The van der Waals surface area contributed by atoms with E-state index >= 15 is 0 Å². The lowest BCUT2D eigenvalue weighted by atomic mass is 9.91. The summed E-state index contributed by atoms with van der Waals surface area (Å²) in [6.45, 7) is 13.5. The smallest absolute Gasteiger partial charge is 0.164 e. The van der Waals surface area contributed by atoms with Gasteiger partial charge in [0.1, 0.15) is 8.07 Å². The highest BCUT2D eigenvalue weighted by atomic mass is 28.3. The third kappa shape index (κ3) is 7.21. The van der Waals surface area contributed by atoms with Crippen LogP contribution in [0.5, 0.6) is 0 Å². The molecule has 5 nitrogen and oxygen atoms in total. The molecule has 6 heteroatoms. The fourth-order valence-corrected chi connectivity index (χ4v) is 6.96. The highest BCUT2D eigenvalue weighted by Gasteiger charge is 2.19. The molecule has 0 fully saturated rings. The van der Waals surface area contributed by atoms with E-state index in [1.807, 2.05) is 18.5 Å². The quantitative estimate of drug-likeness (QED) is 0.158. The van der Waals surface area contributed by atoms with Gasteiger partial charge in [-0.1, -0.05) is 137 Å². The Morgan fingerprint density at radius 3 is 1.22 bits per heavy atom. The first kappa shape index (κ1) is 32.9. The zero-order valence-electron chi connectivity index (χ0n) is 29.5. The molecular weight excluding hydrogens is 627 g/mol. The van der Waals surface area contributed by atoms with Crippen LogP contribution in [0.15, 0.2) is 140 Å². The lowest BCUT2D eigenvalue weighted by Crippen LogP contribution is -2.39. The normalized spacial score (nSPS) is 11.8. The van der Waals surface area contributed by atoms with Gasteiger partial charge < -0.3 is 0 Å². The van der Waals surface area contributed by atoms with Gasteiger partial charge >= 0.3 is 0 Å². The maximum absolute atomic E-state index is 5.09. The Morgan fingerprint density at radius 1 is 0.400 bits per heavy atom. The van der Waals surface area contributed by atoms with Crippen molar-refractivity contribution >= 4 is 13.4 Å². The lowest BCUT2D eigenvalue weighted by Gasteiger charge is -2.17.